The number of hydrogen-bond donors (Lipinski definition) is 1. The van der Waals surface area contributed by atoms with Gasteiger partial charge in [-0.1, -0.05) is 19.1 Å². The Hall–Kier alpha value is -2.17. The van der Waals surface area contributed by atoms with Gasteiger partial charge in [0.15, 0.2) is 0 Å². The third-order valence-electron chi connectivity index (χ3n) is 4.41. The van der Waals surface area contributed by atoms with Gasteiger partial charge < -0.3 is 9.88 Å². The van der Waals surface area contributed by atoms with Crippen LogP contribution in [0.25, 0.3) is 11.0 Å². The lowest BCUT2D eigenvalue weighted by Gasteiger charge is -2.23. The van der Waals surface area contributed by atoms with Gasteiger partial charge in [-0.3, -0.25) is 9.59 Å². The Balaban J connectivity index is 1.72. The van der Waals surface area contributed by atoms with Crippen LogP contribution in [0, 0.1) is 0 Å². The summed E-state index contributed by atoms with van der Waals surface area (Å²) >= 11 is 0. The molecule has 22 heavy (non-hydrogen) atoms. The van der Waals surface area contributed by atoms with Crippen molar-refractivity contribution in [1.29, 1.82) is 0 Å². The van der Waals surface area contributed by atoms with Crippen LogP contribution in [0.5, 0.6) is 0 Å². The Morgan fingerprint density at radius 3 is 3.05 bits per heavy atom. The number of aromatic amines is 1. The lowest BCUT2D eigenvalue weighted by molar-refractivity contribution is -0.132. The number of likely N-dealkylation sites (tertiary alicyclic amines) is 1. The number of H-pyrrole nitrogens is 1. The number of para-hydroxylation sites is 2. The molecule has 1 N–H and O–H groups in total. The Morgan fingerprint density at radius 1 is 1.41 bits per heavy atom. The smallest absolute Gasteiger partial charge is 0.270 e. The fourth-order valence-electron chi connectivity index (χ4n) is 3.19. The van der Waals surface area contributed by atoms with Crippen LogP contribution >= 0.6 is 0 Å². The summed E-state index contributed by atoms with van der Waals surface area (Å²) in [4.78, 5) is 33.6. The number of rotatable bonds is 4. The van der Waals surface area contributed by atoms with Crippen molar-refractivity contribution >= 4 is 16.9 Å². The Bertz CT molecular complexity index is 738. The van der Waals surface area contributed by atoms with Crippen molar-refractivity contribution < 1.29 is 4.79 Å². The van der Waals surface area contributed by atoms with Crippen molar-refractivity contribution in [3.05, 3.63) is 40.3 Å². The molecule has 1 fully saturated rings. The van der Waals surface area contributed by atoms with Crippen LogP contribution in [0.4, 0.5) is 0 Å². The Morgan fingerprint density at radius 2 is 2.23 bits per heavy atom. The molecule has 1 aromatic heterocycles. The van der Waals surface area contributed by atoms with E-state index in [0.29, 0.717) is 24.6 Å². The minimum Gasteiger partial charge on any atom is -0.340 e. The number of nitrogens with zero attached hydrogens (tertiary/aromatic N) is 2. The van der Waals surface area contributed by atoms with E-state index in [-0.39, 0.29) is 11.5 Å². The molecule has 3 rings (SSSR count). The average molecular weight is 299 g/mol. The van der Waals surface area contributed by atoms with Gasteiger partial charge in [0, 0.05) is 25.4 Å². The second-order valence-corrected chi connectivity index (χ2v) is 5.82. The summed E-state index contributed by atoms with van der Waals surface area (Å²) in [5.74, 6) is 0.138. The highest BCUT2D eigenvalue weighted by Crippen LogP contribution is 2.20. The first-order valence-corrected chi connectivity index (χ1v) is 7.96. The van der Waals surface area contributed by atoms with Gasteiger partial charge in [0.1, 0.15) is 5.69 Å². The Labute approximate surface area is 129 Å². The van der Waals surface area contributed by atoms with E-state index >= 15 is 0 Å². The van der Waals surface area contributed by atoms with Gasteiger partial charge in [0.05, 0.1) is 11.0 Å². The van der Waals surface area contributed by atoms with E-state index in [1.807, 2.05) is 29.2 Å². The van der Waals surface area contributed by atoms with Crippen LogP contribution in [0.15, 0.2) is 29.1 Å². The third-order valence-corrected chi connectivity index (χ3v) is 4.41. The first kappa shape index (κ1) is 14.8. The molecule has 1 aliphatic rings. The van der Waals surface area contributed by atoms with Crippen LogP contribution in [0.3, 0.4) is 0 Å². The molecule has 2 aromatic rings. The van der Waals surface area contributed by atoms with Gasteiger partial charge in [-0.25, -0.2) is 4.98 Å². The molecule has 0 saturated carbocycles. The summed E-state index contributed by atoms with van der Waals surface area (Å²) in [5, 5.41) is 0. The summed E-state index contributed by atoms with van der Waals surface area (Å²) < 4.78 is 0. The number of carbonyl (C=O) groups is 1. The van der Waals surface area contributed by atoms with Gasteiger partial charge in [0.25, 0.3) is 5.56 Å². The SMILES string of the molecule is CCC1CCCN1C(=O)CCc1nc2ccccc2[nH]c1=O. The molecule has 5 heteroatoms. The number of nitrogens with one attached hydrogen (secondary N) is 1. The summed E-state index contributed by atoms with van der Waals surface area (Å²) in [7, 11) is 0. The average Bonchev–Trinajstić information content (AvgIpc) is 3.01. The second kappa shape index (κ2) is 6.30. The van der Waals surface area contributed by atoms with Crippen molar-refractivity contribution in [2.45, 2.75) is 45.1 Å². The van der Waals surface area contributed by atoms with Crippen LogP contribution in [-0.2, 0) is 11.2 Å². The number of fused-ring (bicyclic) bond motifs is 1. The monoisotopic (exact) mass is 299 g/mol. The molecular weight excluding hydrogens is 278 g/mol. The molecule has 0 radical (unpaired) electrons. The predicted octanol–water partition coefficient (Wildman–Crippen LogP) is 2.26. The molecule has 0 spiro atoms. The van der Waals surface area contributed by atoms with E-state index in [9.17, 15) is 9.59 Å². The third kappa shape index (κ3) is 2.89. The zero-order chi connectivity index (χ0) is 15.5. The van der Waals surface area contributed by atoms with Crippen LogP contribution in [0.2, 0.25) is 0 Å². The van der Waals surface area contributed by atoms with E-state index in [1.54, 1.807) is 0 Å². The topological polar surface area (TPSA) is 66.1 Å². The molecule has 1 atom stereocenters. The van der Waals surface area contributed by atoms with Gasteiger partial charge in [-0.05, 0) is 31.4 Å². The van der Waals surface area contributed by atoms with Gasteiger partial charge >= 0.3 is 0 Å². The second-order valence-electron chi connectivity index (χ2n) is 5.82. The molecule has 1 aliphatic heterocycles. The van der Waals surface area contributed by atoms with Crippen molar-refractivity contribution in [3.8, 4) is 0 Å². The van der Waals surface area contributed by atoms with Gasteiger partial charge in [0.2, 0.25) is 5.91 Å². The molecule has 1 unspecified atom stereocenters. The normalized spacial score (nSPS) is 18.0. The van der Waals surface area contributed by atoms with E-state index < -0.39 is 0 Å². The molecule has 0 aliphatic carbocycles. The van der Waals surface area contributed by atoms with Crippen LogP contribution in [-0.4, -0.2) is 33.4 Å². The fraction of sp³-hybridized carbons (Fsp3) is 0.471. The molecule has 116 valence electrons. The molecule has 2 heterocycles. The molecule has 5 nitrogen and oxygen atoms in total. The lowest BCUT2D eigenvalue weighted by Crippen LogP contribution is -2.35. The van der Waals surface area contributed by atoms with E-state index in [0.717, 1.165) is 36.8 Å². The molecule has 0 bridgehead atoms. The number of amides is 1. The number of aromatic nitrogens is 2. The highest BCUT2D eigenvalue weighted by Gasteiger charge is 2.26. The van der Waals surface area contributed by atoms with Crippen LogP contribution < -0.4 is 5.56 Å². The molecule has 1 saturated heterocycles. The zero-order valence-electron chi connectivity index (χ0n) is 12.8. The number of aryl methyl sites for hydroxylation is 1. The molecule has 1 amide bonds. The number of carbonyl (C=O) groups excluding carboxylic acids is 1. The van der Waals surface area contributed by atoms with Crippen molar-refractivity contribution in [3.63, 3.8) is 0 Å². The minimum atomic E-state index is -0.194. The maximum absolute atomic E-state index is 12.3. The lowest BCUT2D eigenvalue weighted by atomic mass is 10.1. The van der Waals surface area contributed by atoms with Crippen molar-refractivity contribution in [2.75, 3.05) is 6.54 Å². The summed E-state index contributed by atoms with van der Waals surface area (Å²) in [6.07, 6.45) is 3.92. The van der Waals surface area contributed by atoms with E-state index in [4.69, 9.17) is 0 Å². The highest BCUT2D eigenvalue weighted by molar-refractivity contribution is 5.77. The van der Waals surface area contributed by atoms with Gasteiger partial charge in [-0.15, -0.1) is 0 Å². The summed E-state index contributed by atoms with van der Waals surface area (Å²) in [6.45, 7) is 2.96. The van der Waals surface area contributed by atoms with E-state index in [1.165, 1.54) is 0 Å². The van der Waals surface area contributed by atoms with Crippen molar-refractivity contribution in [2.24, 2.45) is 0 Å². The summed E-state index contributed by atoms with van der Waals surface area (Å²) in [5.41, 5.74) is 1.74. The predicted molar refractivity (Wildman–Crippen MR) is 85.7 cm³/mol. The standard InChI is InChI=1S/C17H21N3O2/c1-2-12-6-5-11-20(12)16(21)10-9-15-17(22)19-14-8-4-3-7-13(14)18-15/h3-4,7-8,12H,2,5-6,9-11H2,1H3,(H,19,22). The number of benzene rings is 1. The first-order valence-electron chi connectivity index (χ1n) is 7.96. The number of hydrogen-bond acceptors (Lipinski definition) is 3. The maximum atomic E-state index is 12.3. The van der Waals surface area contributed by atoms with Crippen LogP contribution in [0.1, 0.15) is 38.3 Å². The first-order chi connectivity index (χ1) is 10.7. The van der Waals surface area contributed by atoms with Gasteiger partial charge in [-0.2, -0.15) is 0 Å². The maximum Gasteiger partial charge on any atom is 0.270 e. The highest BCUT2D eigenvalue weighted by atomic mass is 16.2. The Kier molecular flexibility index (Phi) is 4.22. The molecular formula is C17H21N3O2. The summed E-state index contributed by atoms with van der Waals surface area (Å²) in [6, 6.07) is 7.81. The minimum absolute atomic E-state index is 0.138. The quantitative estimate of drug-likeness (QED) is 0.941. The zero-order valence-corrected chi connectivity index (χ0v) is 12.8. The van der Waals surface area contributed by atoms with E-state index in [2.05, 4.69) is 16.9 Å². The molecule has 1 aromatic carbocycles. The largest absolute Gasteiger partial charge is 0.340 e. The fourth-order valence-corrected chi connectivity index (χ4v) is 3.19. The van der Waals surface area contributed by atoms with Crippen molar-refractivity contribution in [1.82, 2.24) is 14.9 Å².